The number of benzene rings is 10. The van der Waals surface area contributed by atoms with E-state index in [1.807, 2.05) is 12.3 Å². The molecular weight excluding hydrogens is 703 g/mol. The molecule has 0 saturated carbocycles. The van der Waals surface area contributed by atoms with E-state index >= 15 is 0 Å². The lowest BCUT2D eigenvalue weighted by Gasteiger charge is -2.31. The van der Waals surface area contributed by atoms with Gasteiger partial charge in [0.1, 0.15) is 11.2 Å². The van der Waals surface area contributed by atoms with E-state index in [1.54, 1.807) is 0 Å². The highest BCUT2D eigenvalue weighted by Crippen LogP contribution is 2.64. The third-order valence-electron chi connectivity index (χ3n) is 13.5. The first-order valence-corrected chi connectivity index (χ1v) is 20.1. The van der Waals surface area contributed by atoms with Crippen LogP contribution >= 0.6 is 0 Å². The number of hydrogen-bond acceptors (Lipinski definition) is 2. The second-order valence-electron chi connectivity index (χ2n) is 16.1. The van der Waals surface area contributed by atoms with Crippen molar-refractivity contribution in [1.29, 1.82) is 0 Å². The summed E-state index contributed by atoms with van der Waals surface area (Å²) in [6, 6.07) is 67.8. The molecule has 2 nitrogen and oxygen atoms in total. The van der Waals surface area contributed by atoms with E-state index in [2.05, 4.69) is 181 Å². The molecule has 2 aromatic heterocycles. The summed E-state index contributed by atoms with van der Waals surface area (Å²) in [6.45, 7) is 0. The minimum absolute atomic E-state index is 0.480. The van der Waals surface area contributed by atoms with Crippen molar-refractivity contribution in [3.8, 4) is 44.5 Å². The number of furan rings is 1. The summed E-state index contributed by atoms with van der Waals surface area (Å²) in [5.74, 6) is 0. The van der Waals surface area contributed by atoms with Gasteiger partial charge in [0.15, 0.2) is 0 Å². The Kier molecular flexibility index (Phi) is 5.73. The van der Waals surface area contributed by atoms with Crippen LogP contribution < -0.4 is 0 Å². The van der Waals surface area contributed by atoms with E-state index in [0.29, 0.717) is 0 Å². The van der Waals surface area contributed by atoms with Crippen LogP contribution in [-0.4, -0.2) is 4.98 Å². The van der Waals surface area contributed by atoms with Crippen LogP contribution in [0.1, 0.15) is 22.3 Å². The molecule has 1 spiro atoms. The van der Waals surface area contributed by atoms with E-state index in [4.69, 9.17) is 4.42 Å². The molecule has 0 N–H and O–H groups in total. The Hall–Kier alpha value is -7.55. The zero-order valence-corrected chi connectivity index (χ0v) is 31.3. The maximum absolute atomic E-state index is 6.50. The summed E-state index contributed by atoms with van der Waals surface area (Å²) in [7, 11) is 0. The fraction of sp³-hybridized carbons (Fsp3) is 0.0179. The lowest BCUT2D eigenvalue weighted by atomic mass is 9.70. The SMILES string of the molecule is c1ccc2c(c1)-c1ccc(-c3ccc4ccc5c(-c6cccc7ncccc67)ccc6ccc3c4c65)cc1C21c2ccccc2-c2cc3oc4ccccc4c3cc21. The first-order chi connectivity index (χ1) is 28.8. The summed E-state index contributed by atoms with van der Waals surface area (Å²) in [6.07, 6.45) is 1.88. The van der Waals surface area contributed by atoms with Crippen LogP contribution in [-0.2, 0) is 5.41 Å². The Morgan fingerprint density at radius 1 is 0.345 bits per heavy atom. The molecule has 58 heavy (non-hydrogen) atoms. The molecule has 14 rings (SSSR count). The molecule has 2 heterocycles. The van der Waals surface area contributed by atoms with Gasteiger partial charge in [-0.05, 0) is 135 Å². The standard InChI is InChI=1S/C56H31NO/c1-4-14-47-38(9-1)40-25-22-34(29-49(40)56(47)48-15-5-2-10-39(48)45-31-53-46(30-50(45)56)42-11-3-6-17-52(42)58-53)35-23-18-32-21-27-44-37(24-19-33-20-26-43(35)54(32)55(33)44)36-12-7-16-51-41(36)13-8-28-57-51/h1-31H. The Morgan fingerprint density at radius 2 is 0.948 bits per heavy atom. The average molecular weight is 734 g/mol. The largest absolute Gasteiger partial charge is 0.456 e. The molecule has 1 atom stereocenters. The number of nitrogens with zero attached hydrogens (tertiary/aromatic N) is 1. The zero-order chi connectivity index (χ0) is 37.7. The molecule has 2 heteroatoms. The molecular formula is C56H31NO. The Morgan fingerprint density at radius 3 is 1.78 bits per heavy atom. The van der Waals surface area contributed by atoms with E-state index in [1.165, 1.54) is 104 Å². The zero-order valence-electron chi connectivity index (χ0n) is 31.3. The molecule has 12 aromatic rings. The van der Waals surface area contributed by atoms with Crippen molar-refractivity contribution in [1.82, 2.24) is 4.98 Å². The van der Waals surface area contributed by atoms with E-state index in [9.17, 15) is 0 Å². The molecule has 0 bridgehead atoms. The topological polar surface area (TPSA) is 26.0 Å². The maximum Gasteiger partial charge on any atom is 0.136 e. The van der Waals surface area contributed by atoms with Crippen molar-refractivity contribution in [2.45, 2.75) is 5.41 Å². The van der Waals surface area contributed by atoms with Gasteiger partial charge in [-0.25, -0.2) is 0 Å². The van der Waals surface area contributed by atoms with Crippen LogP contribution in [0.15, 0.2) is 193 Å². The van der Waals surface area contributed by atoms with Crippen molar-refractivity contribution >= 4 is 65.2 Å². The van der Waals surface area contributed by atoms with Gasteiger partial charge in [0.05, 0.1) is 10.9 Å². The average Bonchev–Trinajstić information content (AvgIpc) is 3.90. The number of pyridine rings is 1. The van der Waals surface area contributed by atoms with Gasteiger partial charge in [0.25, 0.3) is 0 Å². The first kappa shape index (κ1) is 30.6. The van der Waals surface area contributed by atoms with Crippen LogP contribution in [0.4, 0.5) is 0 Å². The minimum atomic E-state index is -0.480. The monoisotopic (exact) mass is 733 g/mol. The fourth-order valence-corrected chi connectivity index (χ4v) is 11.1. The lowest BCUT2D eigenvalue weighted by Crippen LogP contribution is -2.25. The van der Waals surface area contributed by atoms with Crippen LogP contribution in [0.3, 0.4) is 0 Å². The van der Waals surface area contributed by atoms with Gasteiger partial charge < -0.3 is 4.42 Å². The molecule has 0 saturated heterocycles. The number of fused-ring (bicyclic) bond motifs is 14. The van der Waals surface area contributed by atoms with Crippen LogP contribution in [0.25, 0.3) is 110 Å². The van der Waals surface area contributed by atoms with Gasteiger partial charge in [-0.15, -0.1) is 0 Å². The van der Waals surface area contributed by atoms with Crippen LogP contribution in [0, 0.1) is 0 Å². The van der Waals surface area contributed by atoms with Crippen molar-refractivity contribution in [2.24, 2.45) is 0 Å². The molecule has 2 aliphatic rings. The van der Waals surface area contributed by atoms with E-state index < -0.39 is 5.41 Å². The fourth-order valence-electron chi connectivity index (χ4n) is 11.1. The molecule has 0 amide bonds. The third-order valence-corrected chi connectivity index (χ3v) is 13.5. The highest BCUT2D eigenvalue weighted by molar-refractivity contribution is 6.28. The number of para-hydroxylation sites is 1. The van der Waals surface area contributed by atoms with Crippen LogP contribution in [0.5, 0.6) is 0 Å². The molecule has 0 radical (unpaired) electrons. The van der Waals surface area contributed by atoms with Gasteiger partial charge >= 0.3 is 0 Å². The summed E-state index contributed by atoms with van der Waals surface area (Å²) >= 11 is 0. The van der Waals surface area contributed by atoms with Gasteiger partial charge in [0, 0.05) is 22.4 Å². The van der Waals surface area contributed by atoms with Gasteiger partial charge in [-0.1, -0.05) is 146 Å². The van der Waals surface area contributed by atoms with E-state index in [0.717, 1.165) is 27.5 Å². The summed E-state index contributed by atoms with van der Waals surface area (Å²) in [5.41, 5.74) is 17.8. The van der Waals surface area contributed by atoms with Crippen molar-refractivity contribution in [3.63, 3.8) is 0 Å². The predicted molar refractivity (Wildman–Crippen MR) is 240 cm³/mol. The Bertz CT molecular complexity index is 3750. The minimum Gasteiger partial charge on any atom is -0.456 e. The summed E-state index contributed by atoms with van der Waals surface area (Å²) in [4.78, 5) is 4.68. The number of rotatable bonds is 2. The Balaban J connectivity index is 1.04. The Labute approximate surface area is 333 Å². The first-order valence-electron chi connectivity index (χ1n) is 20.1. The van der Waals surface area contributed by atoms with E-state index in [-0.39, 0.29) is 0 Å². The second kappa shape index (κ2) is 10.8. The third kappa shape index (κ3) is 3.71. The van der Waals surface area contributed by atoms with Gasteiger partial charge in [-0.2, -0.15) is 0 Å². The highest BCUT2D eigenvalue weighted by atomic mass is 16.3. The highest BCUT2D eigenvalue weighted by Gasteiger charge is 2.52. The van der Waals surface area contributed by atoms with Crippen molar-refractivity contribution < 1.29 is 4.42 Å². The molecule has 2 aliphatic carbocycles. The smallest absolute Gasteiger partial charge is 0.136 e. The van der Waals surface area contributed by atoms with Crippen LogP contribution in [0.2, 0.25) is 0 Å². The molecule has 0 fully saturated rings. The van der Waals surface area contributed by atoms with Crippen molar-refractivity contribution in [2.75, 3.05) is 0 Å². The predicted octanol–water partition coefficient (Wildman–Crippen LogP) is 14.7. The van der Waals surface area contributed by atoms with Gasteiger partial charge in [-0.3, -0.25) is 4.98 Å². The quantitative estimate of drug-likeness (QED) is 0.165. The van der Waals surface area contributed by atoms with Gasteiger partial charge in [0.2, 0.25) is 0 Å². The summed E-state index contributed by atoms with van der Waals surface area (Å²) in [5, 5.41) is 11.2. The maximum atomic E-state index is 6.50. The summed E-state index contributed by atoms with van der Waals surface area (Å²) < 4.78 is 6.50. The normalized spacial score (nSPS) is 15.3. The second-order valence-corrected chi connectivity index (χ2v) is 16.1. The molecule has 1 unspecified atom stereocenters. The molecule has 266 valence electrons. The molecule has 0 aliphatic heterocycles. The number of hydrogen-bond donors (Lipinski definition) is 0. The number of aromatic nitrogens is 1. The molecule has 10 aromatic carbocycles. The lowest BCUT2D eigenvalue weighted by molar-refractivity contribution is 0.669. The van der Waals surface area contributed by atoms with Crippen molar-refractivity contribution in [3.05, 3.63) is 210 Å².